The third-order valence-corrected chi connectivity index (χ3v) is 5.63. The van der Waals surface area contributed by atoms with Crippen LogP contribution in [0.15, 0.2) is 66.7 Å². The fraction of sp³-hybridized carbons (Fsp3) is 0.320. The fourth-order valence-electron chi connectivity index (χ4n) is 4.04. The molecule has 3 aromatic rings. The Kier molecular flexibility index (Phi) is 5.19. The van der Waals surface area contributed by atoms with Crippen LogP contribution in [0.25, 0.3) is 10.8 Å². The van der Waals surface area contributed by atoms with Crippen LogP contribution in [-0.4, -0.2) is 30.5 Å². The molecule has 0 aromatic heterocycles. The van der Waals surface area contributed by atoms with Gasteiger partial charge in [0.2, 0.25) is 0 Å². The number of hydrogen-bond acceptors (Lipinski definition) is 3. The largest absolute Gasteiger partial charge is 0.423 e. The first kappa shape index (κ1) is 18.7. The van der Waals surface area contributed by atoms with E-state index in [9.17, 15) is 4.79 Å². The number of esters is 1. The summed E-state index contributed by atoms with van der Waals surface area (Å²) < 4.78 is 5.55. The number of carbonyl (C=O) groups excluding carboxylic acids is 1. The van der Waals surface area contributed by atoms with Crippen molar-refractivity contribution in [3.05, 3.63) is 77.9 Å². The van der Waals surface area contributed by atoms with Crippen molar-refractivity contribution in [3.8, 4) is 5.75 Å². The normalized spacial score (nSPS) is 15.1. The number of fused-ring (bicyclic) bond motifs is 1. The lowest BCUT2D eigenvalue weighted by molar-refractivity contribution is 0.0735. The lowest BCUT2D eigenvalue weighted by Crippen LogP contribution is -2.35. The van der Waals surface area contributed by atoms with Gasteiger partial charge in [-0.25, -0.2) is 4.79 Å². The highest BCUT2D eigenvalue weighted by Crippen LogP contribution is 2.30. The molecule has 0 N–H and O–H groups in total. The highest BCUT2D eigenvalue weighted by atomic mass is 16.5. The molecule has 0 atom stereocenters. The SMILES string of the molecule is CC(C)(CN1CCCC1)c1ccc2cc(OC(=O)c3ccccc3)ccc2c1. The van der Waals surface area contributed by atoms with Gasteiger partial charge in [-0.3, -0.25) is 0 Å². The lowest BCUT2D eigenvalue weighted by atomic mass is 9.83. The predicted octanol–water partition coefficient (Wildman–Crippen LogP) is 5.43. The Bertz CT molecular complexity index is 972. The number of ether oxygens (including phenoxy) is 1. The minimum atomic E-state index is -0.330. The zero-order valence-electron chi connectivity index (χ0n) is 16.7. The summed E-state index contributed by atoms with van der Waals surface area (Å²) in [5.41, 5.74) is 2.01. The van der Waals surface area contributed by atoms with Crippen molar-refractivity contribution in [2.24, 2.45) is 0 Å². The van der Waals surface area contributed by atoms with Crippen LogP contribution in [0.4, 0.5) is 0 Å². The predicted molar refractivity (Wildman–Crippen MR) is 114 cm³/mol. The van der Waals surface area contributed by atoms with Gasteiger partial charge >= 0.3 is 5.97 Å². The average Bonchev–Trinajstić information content (AvgIpc) is 3.20. The molecule has 3 aromatic carbocycles. The van der Waals surface area contributed by atoms with Crippen molar-refractivity contribution in [3.63, 3.8) is 0 Å². The van der Waals surface area contributed by atoms with Gasteiger partial charge < -0.3 is 9.64 Å². The molecule has 1 aliphatic heterocycles. The molecular weight excluding hydrogens is 346 g/mol. The number of benzene rings is 3. The van der Waals surface area contributed by atoms with E-state index in [2.05, 4.69) is 36.9 Å². The standard InChI is InChI=1S/C25H27NO2/c1-25(2,18-26-14-6-7-15-26)22-12-10-21-17-23(13-11-20(21)16-22)28-24(27)19-8-4-3-5-9-19/h3-5,8-13,16-17H,6-7,14-15,18H2,1-2H3. The summed E-state index contributed by atoms with van der Waals surface area (Å²) in [5, 5.41) is 2.26. The number of nitrogens with zero attached hydrogens (tertiary/aromatic N) is 1. The maximum absolute atomic E-state index is 12.3. The van der Waals surface area contributed by atoms with Crippen molar-refractivity contribution < 1.29 is 9.53 Å². The van der Waals surface area contributed by atoms with Gasteiger partial charge in [0, 0.05) is 12.0 Å². The molecule has 1 saturated heterocycles. The van der Waals surface area contributed by atoms with Crippen molar-refractivity contribution in [1.82, 2.24) is 4.90 Å². The van der Waals surface area contributed by atoms with E-state index in [0.717, 1.165) is 11.9 Å². The fourth-order valence-corrected chi connectivity index (χ4v) is 4.04. The van der Waals surface area contributed by atoms with Crippen LogP contribution in [0.5, 0.6) is 5.75 Å². The van der Waals surface area contributed by atoms with E-state index in [1.54, 1.807) is 12.1 Å². The maximum atomic E-state index is 12.3. The maximum Gasteiger partial charge on any atom is 0.343 e. The van der Waals surface area contributed by atoms with E-state index in [1.165, 1.54) is 36.9 Å². The van der Waals surface area contributed by atoms with Gasteiger partial charge in [-0.15, -0.1) is 0 Å². The molecule has 3 nitrogen and oxygen atoms in total. The second-order valence-corrected chi connectivity index (χ2v) is 8.35. The molecule has 0 bridgehead atoms. The molecular formula is C25H27NO2. The first-order valence-corrected chi connectivity index (χ1v) is 10.1. The third-order valence-electron chi connectivity index (χ3n) is 5.63. The molecule has 0 amide bonds. The number of rotatable bonds is 5. The molecule has 0 radical (unpaired) electrons. The number of hydrogen-bond donors (Lipinski definition) is 0. The van der Waals surface area contributed by atoms with E-state index in [0.29, 0.717) is 11.3 Å². The highest BCUT2D eigenvalue weighted by molar-refractivity contribution is 5.92. The Labute approximate surface area is 166 Å². The van der Waals surface area contributed by atoms with E-state index in [4.69, 9.17) is 4.74 Å². The van der Waals surface area contributed by atoms with Crippen LogP contribution >= 0.6 is 0 Å². The first-order valence-electron chi connectivity index (χ1n) is 10.1. The molecule has 1 aliphatic rings. The summed E-state index contributed by atoms with van der Waals surface area (Å²) in [5.74, 6) is 0.244. The van der Waals surface area contributed by atoms with Gasteiger partial charge in [0.25, 0.3) is 0 Å². The Balaban J connectivity index is 1.53. The summed E-state index contributed by atoms with van der Waals surface area (Å²) in [6.45, 7) is 8.16. The Hall–Kier alpha value is -2.65. The topological polar surface area (TPSA) is 29.5 Å². The lowest BCUT2D eigenvalue weighted by Gasteiger charge is -2.31. The van der Waals surface area contributed by atoms with Crippen LogP contribution < -0.4 is 4.74 Å². The third kappa shape index (κ3) is 4.10. The molecule has 0 aliphatic carbocycles. The average molecular weight is 373 g/mol. The van der Waals surface area contributed by atoms with E-state index in [1.807, 2.05) is 36.4 Å². The quantitative estimate of drug-likeness (QED) is 0.441. The van der Waals surface area contributed by atoms with Crippen LogP contribution in [0.1, 0.15) is 42.6 Å². The summed E-state index contributed by atoms with van der Waals surface area (Å²) in [6.07, 6.45) is 2.64. The first-order chi connectivity index (χ1) is 13.5. The molecule has 0 unspecified atom stereocenters. The second-order valence-electron chi connectivity index (χ2n) is 8.35. The highest BCUT2D eigenvalue weighted by Gasteiger charge is 2.25. The van der Waals surface area contributed by atoms with Gasteiger partial charge in [0.1, 0.15) is 5.75 Å². The van der Waals surface area contributed by atoms with E-state index < -0.39 is 0 Å². The molecule has 28 heavy (non-hydrogen) atoms. The van der Waals surface area contributed by atoms with Crippen LogP contribution in [0, 0.1) is 0 Å². The van der Waals surface area contributed by atoms with Gasteiger partial charge in [-0.1, -0.05) is 56.3 Å². The van der Waals surface area contributed by atoms with Crippen LogP contribution in [0.3, 0.4) is 0 Å². The van der Waals surface area contributed by atoms with Crippen molar-refractivity contribution >= 4 is 16.7 Å². The monoisotopic (exact) mass is 373 g/mol. The summed E-state index contributed by atoms with van der Waals surface area (Å²) in [4.78, 5) is 14.8. The molecule has 1 heterocycles. The van der Waals surface area contributed by atoms with E-state index >= 15 is 0 Å². The van der Waals surface area contributed by atoms with Crippen molar-refractivity contribution in [2.45, 2.75) is 32.1 Å². The minimum Gasteiger partial charge on any atom is -0.423 e. The molecule has 0 saturated carbocycles. The summed E-state index contributed by atoms with van der Waals surface area (Å²) in [7, 11) is 0. The van der Waals surface area contributed by atoms with E-state index in [-0.39, 0.29) is 11.4 Å². The molecule has 1 fully saturated rings. The van der Waals surface area contributed by atoms with Gasteiger partial charge in [0.15, 0.2) is 0 Å². The van der Waals surface area contributed by atoms with Crippen LogP contribution in [0.2, 0.25) is 0 Å². The van der Waals surface area contributed by atoms with Gasteiger partial charge in [0.05, 0.1) is 5.56 Å². The van der Waals surface area contributed by atoms with Crippen LogP contribution in [-0.2, 0) is 5.41 Å². The van der Waals surface area contributed by atoms with Crippen molar-refractivity contribution in [1.29, 1.82) is 0 Å². The molecule has 0 spiro atoms. The molecule has 3 heteroatoms. The minimum absolute atomic E-state index is 0.108. The second kappa shape index (κ2) is 7.76. The summed E-state index contributed by atoms with van der Waals surface area (Å²) >= 11 is 0. The molecule has 4 rings (SSSR count). The zero-order chi connectivity index (χ0) is 19.6. The van der Waals surface area contributed by atoms with Gasteiger partial charge in [-0.05, 0) is 66.5 Å². The summed E-state index contributed by atoms with van der Waals surface area (Å²) in [6, 6.07) is 21.6. The molecule has 144 valence electrons. The van der Waals surface area contributed by atoms with Crippen molar-refractivity contribution in [2.75, 3.05) is 19.6 Å². The zero-order valence-corrected chi connectivity index (χ0v) is 16.7. The Morgan fingerprint density at radius 1 is 0.929 bits per heavy atom. The number of likely N-dealkylation sites (tertiary alicyclic amines) is 1. The van der Waals surface area contributed by atoms with Gasteiger partial charge in [-0.2, -0.15) is 0 Å². The number of carbonyl (C=O) groups is 1. The Morgan fingerprint density at radius 2 is 1.61 bits per heavy atom. The smallest absolute Gasteiger partial charge is 0.343 e. The Morgan fingerprint density at radius 3 is 2.36 bits per heavy atom.